The van der Waals surface area contributed by atoms with Crippen LogP contribution in [0.4, 0.5) is 4.39 Å². The quantitative estimate of drug-likeness (QED) is 0.460. The lowest BCUT2D eigenvalue weighted by Gasteiger charge is -2.26. The van der Waals surface area contributed by atoms with E-state index in [1.54, 1.807) is 12.1 Å². The minimum atomic E-state index is -4.14. The van der Waals surface area contributed by atoms with Crippen molar-refractivity contribution in [3.8, 4) is 0 Å². The molecule has 3 aromatic rings. The number of aromatic nitrogens is 1. The third-order valence-electron chi connectivity index (χ3n) is 4.98. The summed E-state index contributed by atoms with van der Waals surface area (Å²) in [7, 11) is -4.14. The predicted octanol–water partition coefficient (Wildman–Crippen LogP) is 2.37. The van der Waals surface area contributed by atoms with Gasteiger partial charge in [-0.15, -0.1) is 0 Å². The average molecular weight is 446 g/mol. The number of morpholine rings is 1. The normalized spacial score (nSPS) is 15.1. The second kappa shape index (κ2) is 8.58. The van der Waals surface area contributed by atoms with E-state index < -0.39 is 39.1 Å². The van der Waals surface area contributed by atoms with Gasteiger partial charge in [-0.05, 0) is 24.3 Å². The molecule has 2 heterocycles. The second-order valence-electron chi connectivity index (χ2n) is 6.91. The number of ketones is 1. The van der Waals surface area contributed by atoms with E-state index >= 15 is 0 Å². The van der Waals surface area contributed by atoms with Gasteiger partial charge >= 0.3 is 5.97 Å². The summed E-state index contributed by atoms with van der Waals surface area (Å²) in [5.41, 5.74) is 0.978. The van der Waals surface area contributed by atoms with Gasteiger partial charge in [-0.2, -0.15) is 4.31 Å². The van der Waals surface area contributed by atoms with Gasteiger partial charge in [0.1, 0.15) is 10.7 Å². The highest BCUT2D eigenvalue weighted by molar-refractivity contribution is 7.89. The van der Waals surface area contributed by atoms with Crippen LogP contribution in [0.5, 0.6) is 0 Å². The fraction of sp³-hybridized carbons (Fsp3) is 0.238. The van der Waals surface area contributed by atoms with Crippen molar-refractivity contribution in [2.75, 3.05) is 32.9 Å². The Hall–Kier alpha value is -3.08. The SMILES string of the molecule is O=C(OCC(=O)c1c[nH]c2ccccc12)c1ccc(F)c(S(=O)(=O)N2CCOCC2)c1. The lowest BCUT2D eigenvalue weighted by atomic mass is 10.1. The molecule has 1 aromatic heterocycles. The maximum atomic E-state index is 14.3. The van der Waals surface area contributed by atoms with E-state index in [2.05, 4.69) is 4.98 Å². The highest BCUT2D eigenvalue weighted by Gasteiger charge is 2.30. The van der Waals surface area contributed by atoms with Gasteiger partial charge < -0.3 is 14.5 Å². The van der Waals surface area contributed by atoms with Crippen molar-refractivity contribution in [1.29, 1.82) is 0 Å². The number of benzene rings is 2. The predicted molar refractivity (Wildman–Crippen MR) is 109 cm³/mol. The molecule has 0 saturated carbocycles. The molecule has 10 heteroatoms. The number of hydrogen-bond acceptors (Lipinski definition) is 6. The summed E-state index contributed by atoms with van der Waals surface area (Å²) in [6.07, 6.45) is 1.53. The van der Waals surface area contributed by atoms with Crippen molar-refractivity contribution in [1.82, 2.24) is 9.29 Å². The van der Waals surface area contributed by atoms with Crippen molar-refractivity contribution in [3.63, 3.8) is 0 Å². The van der Waals surface area contributed by atoms with Crippen molar-refractivity contribution < 1.29 is 31.9 Å². The number of carbonyl (C=O) groups is 2. The van der Waals surface area contributed by atoms with Gasteiger partial charge in [0, 0.05) is 35.8 Å². The van der Waals surface area contributed by atoms with Crippen molar-refractivity contribution in [2.45, 2.75) is 4.90 Å². The summed E-state index contributed by atoms with van der Waals surface area (Å²) in [6, 6.07) is 10.1. The van der Waals surface area contributed by atoms with Gasteiger partial charge in [0.15, 0.2) is 6.61 Å². The summed E-state index contributed by atoms with van der Waals surface area (Å²) < 4.78 is 51.1. The van der Waals surface area contributed by atoms with Crippen LogP contribution in [0.1, 0.15) is 20.7 Å². The summed E-state index contributed by atoms with van der Waals surface area (Å²) in [5, 5.41) is 0.698. The Morgan fingerprint density at radius 1 is 1.13 bits per heavy atom. The zero-order valence-corrected chi connectivity index (χ0v) is 17.2. The molecule has 8 nitrogen and oxygen atoms in total. The highest BCUT2D eigenvalue weighted by atomic mass is 32.2. The molecule has 2 aromatic carbocycles. The van der Waals surface area contributed by atoms with Crippen LogP contribution in [0.15, 0.2) is 53.6 Å². The first kappa shape index (κ1) is 21.2. The molecule has 162 valence electrons. The molecule has 4 rings (SSSR count). The van der Waals surface area contributed by atoms with Crippen LogP contribution in [0.3, 0.4) is 0 Å². The number of para-hydroxylation sites is 1. The highest BCUT2D eigenvalue weighted by Crippen LogP contribution is 2.23. The fourth-order valence-electron chi connectivity index (χ4n) is 3.35. The number of esters is 1. The molecule has 0 spiro atoms. The van der Waals surface area contributed by atoms with E-state index in [0.29, 0.717) is 10.9 Å². The Balaban J connectivity index is 1.50. The number of aromatic amines is 1. The maximum absolute atomic E-state index is 14.3. The molecule has 1 aliphatic heterocycles. The number of H-pyrrole nitrogens is 1. The Kier molecular flexibility index (Phi) is 5.86. The smallest absolute Gasteiger partial charge is 0.338 e. The molecule has 0 radical (unpaired) electrons. The zero-order chi connectivity index (χ0) is 22.0. The third-order valence-corrected chi connectivity index (χ3v) is 6.89. The number of fused-ring (bicyclic) bond motifs is 1. The van der Waals surface area contributed by atoms with Crippen LogP contribution in [0.2, 0.25) is 0 Å². The molecule has 0 unspecified atom stereocenters. The Morgan fingerprint density at radius 2 is 1.87 bits per heavy atom. The fourth-order valence-corrected chi connectivity index (χ4v) is 4.85. The van der Waals surface area contributed by atoms with Crippen LogP contribution in [-0.4, -0.2) is 62.4 Å². The van der Waals surface area contributed by atoms with E-state index in [1.165, 1.54) is 6.20 Å². The molecular formula is C21H19FN2O6S. The van der Waals surface area contributed by atoms with E-state index in [9.17, 15) is 22.4 Å². The van der Waals surface area contributed by atoms with Gasteiger partial charge in [0.25, 0.3) is 0 Å². The molecular weight excluding hydrogens is 427 g/mol. The molecule has 0 amide bonds. The standard InChI is InChI=1S/C21H19FN2O6S/c22-17-6-5-14(11-20(17)31(27,28)24-7-9-29-10-8-24)21(26)30-13-19(25)16-12-23-18-4-2-1-3-15(16)18/h1-6,11-12,23H,7-10,13H2. The Labute approximate surface area is 177 Å². The number of nitrogens with zero attached hydrogens (tertiary/aromatic N) is 1. The first-order valence-corrected chi connectivity index (χ1v) is 11.0. The molecule has 0 bridgehead atoms. The van der Waals surface area contributed by atoms with E-state index in [1.807, 2.05) is 12.1 Å². The van der Waals surface area contributed by atoms with Gasteiger partial charge in [-0.1, -0.05) is 18.2 Å². The Bertz CT molecular complexity index is 1250. The number of hydrogen-bond donors (Lipinski definition) is 1. The lowest BCUT2D eigenvalue weighted by Crippen LogP contribution is -2.41. The molecule has 1 fully saturated rings. The lowest BCUT2D eigenvalue weighted by molar-refractivity contribution is 0.0474. The summed E-state index contributed by atoms with van der Waals surface area (Å²) in [6.45, 7) is 0.0613. The maximum Gasteiger partial charge on any atom is 0.338 e. The average Bonchev–Trinajstić information content (AvgIpc) is 3.22. The van der Waals surface area contributed by atoms with E-state index in [-0.39, 0.29) is 31.9 Å². The number of sulfonamides is 1. The number of nitrogens with one attached hydrogen (secondary N) is 1. The monoisotopic (exact) mass is 446 g/mol. The number of rotatable bonds is 6. The summed E-state index contributed by atoms with van der Waals surface area (Å²) in [5.74, 6) is -2.32. The minimum Gasteiger partial charge on any atom is -0.454 e. The van der Waals surface area contributed by atoms with E-state index in [4.69, 9.17) is 9.47 Å². The van der Waals surface area contributed by atoms with Gasteiger partial charge in [0.2, 0.25) is 15.8 Å². The van der Waals surface area contributed by atoms with Gasteiger partial charge in [-0.3, -0.25) is 4.79 Å². The molecule has 1 saturated heterocycles. The van der Waals surface area contributed by atoms with E-state index in [0.717, 1.165) is 28.0 Å². The first-order valence-electron chi connectivity index (χ1n) is 9.52. The molecule has 0 atom stereocenters. The van der Waals surface area contributed by atoms with Gasteiger partial charge in [-0.25, -0.2) is 17.6 Å². The van der Waals surface area contributed by atoms with Crippen LogP contribution < -0.4 is 0 Å². The summed E-state index contributed by atoms with van der Waals surface area (Å²) >= 11 is 0. The second-order valence-corrected chi connectivity index (χ2v) is 8.82. The molecule has 0 aliphatic carbocycles. The molecule has 1 N–H and O–H groups in total. The van der Waals surface area contributed by atoms with Crippen LogP contribution >= 0.6 is 0 Å². The van der Waals surface area contributed by atoms with Crippen LogP contribution in [-0.2, 0) is 19.5 Å². The Morgan fingerprint density at radius 3 is 2.65 bits per heavy atom. The van der Waals surface area contributed by atoms with Crippen molar-refractivity contribution >= 4 is 32.7 Å². The van der Waals surface area contributed by atoms with Crippen molar-refractivity contribution in [2.24, 2.45) is 0 Å². The van der Waals surface area contributed by atoms with Crippen LogP contribution in [0.25, 0.3) is 10.9 Å². The van der Waals surface area contributed by atoms with Crippen molar-refractivity contribution in [3.05, 3.63) is 65.6 Å². The first-order chi connectivity index (χ1) is 14.9. The zero-order valence-electron chi connectivity index (χ0n) is 16.3. The van der Waals surface area contributed by atoms with Gasteiger partial charge in [0.05, 0.1) is 18.8 Å². The largest absolute Gasteiger partial charge is 0.454 e. The third kappa shape index (κ3) is 4.22. The number of carbonyl (C=O) groups excluding carboxylic acids is 2. The molecule has 1 aliphatic rings. The number of Topliss-reactive ketones (excluding diaryl/α,β-unsaturated/α-hetero) is 1. The number of halogens is 1. The topological polar surface area (TPSA) is 106 Å². The molecule has 31 heavy (non-hydrogen) atoms. The summed E-state index contributed by atoms with van der Waals surface area (Å²) in [4.78, 5) is 27.2. The minimum absolute atomic E-state index is 0.0928. The van der Waals surface area contributed by atoms with Crippen LogP contribution in [0, 0.1) is 5.82 Å². The number of ether oxygens (including phenoxy) is 2.